The number of nitrogens with zero attached hydrogens (tertiary/aromatic N) is 3. The van der Waals surface area contributed by atoms with Gasteiger partial charge in [0.05, 0.1) is 5.69 Å². The second kappa shape index (κ2) is 5.61. The van der Waals surface area contributed by atoms with E-state index in [0.29, 0.717) is 5.69 Å². The third-order valence-corrected chi connectivity index (χ3v) is 3.46. The minimum absolute atomic E-state index is 0.0141. The van der Waals surface area contributed by atoms with Crippen molar-refractivity contribution in [1.29, 1.82) is 0 Å². The number of pyridine rings is 1. The zero-order valence-electron chi connectivity index (χ0n) is 12.1. The van der Waals surface area contributed by atoms with Gasteiger partial charge in [-0.2, -0.15) is 0 Å². The number of aliphatic hydroxyl groups is 1. The van der Waals surface area contributed by atoms with Crippen LogP contribution in [0, 0.1) is 0 Å². The first-order valence-electron chi connectivity index (χ1n) is 6.78. The predicted octanol–water partition coefficient (Wildman–Crippen LogP) is -1.02. The third kappa shape index (κ3) is 2.69. The van der Waals surface area contributed by atoms with E-state index in [-0.39, 0.29) is 23.3 Å². The molecule has 0 aliphatic heterocycles. The van der Waals surface area contributed by atoms with Crippen LogP contribution in [0.2, 0.25) is 0 Å². The molecule has 3 aromatic rings. The van der Waals surface area contributed by atoms with Crippen molar-refractivity contribution in [2.24, 2.45) is 7.05 Å². The van der Waals surface area contributed by atoms with E-state index in [9.17, 15) is 19.5 Å². The van der Waals surface area contributed by atoms with Gasteiger partial charge >= 0.3 is 5.69 Å². The van der Waals surface area contributed by atoms with Gasteiger partial charge in [-0.15, -0.1) is 0 Å². The monoisotopic (exact) mass is 315 g/mol. The van der Waals surface area contributed by atoms with Gasteiger partial charge in [-0.1, -0.05) is 6.07 Å². The van der Waals surface area contributed by atoms with E-state index in [1.165, 1.54) is 13.2 Å². The molecule has 0 saturated carbocycles. The van der Waals surface area contributed by atoms with Crippen molar-refractivity contribution in [3.8, 4) is 0 Å². The molecular weight excluding hydrogens is 302 g/mol. The van der Waals surface area contributed by atoms with Crippen LogP contribution in [0.5, 0.6) is 0 Å². The minimum atomic E-state index is -1.03. The number of fused-ring (bicyclic) bond motifs is 1. The lowest BCUT2D eigenvalue weighted by Gasteiger charge is -2.09. The summed E-state index contributed by atoms with van der Waals surface area (Å²) in [6.45, 7) is 0. The number of aromatic amines is 2. The Balaban J connectivity index is 2.09. The number of nitrogens with one attached hydrogen (secondary N) is 2. The fraction of sp³-hybridized carbons (Fsp3) is 0.214. The van der Waals surface area contributed by atoms with E-state index in [1.54, 1.807) is 18.2 Å². The van der Waals surface area contributed by atoms with Gasteiger partial charge in [0.2, 0.25) is 0 Å². The van der Waals surface area contributed by atoms with Crippen LogP contribution >= 0.6 is 0 Å². The molecule has 1 atom stereocenters. The first-order chi connectivity index (χ1) is 11.0. The summed E-state index contributed by atoms with van der Waals surface area (Å²) in [5.41, 5.74) is -1.60. The molecule has 3 heterocycles. The largest absolute Gasteiger partial charge is 0.386 e. The molecular formula is C14H13N5O4. The summed E-state index contributed by atoms with van der Waals surface area (Å²) in [4.78, 5) is 48.0. The molecule has 1 unspecified atom stereocenters. The molecule has 0 aliphatic rings. The number of aromatic nitrogens is 5. The Morgan fingerprint density at radius 3 is 2.70 bits per heavy atom. The smallest absolute Gasteiger partial charge is 0.329 e. The van der Waals surface area contributed by atoms with Gasteiger partial charge in [-0.05, 0) is 12.1 Å². The van der Waals surface area contributed by atoms with E-state index in [4.69, 9.17) is 0 Å². The molecule has 0 fully saturated rings. The first-order valence-corrected chi connectivity index (χ1v) is 6.78. The van der Waals surface area contributed by atoms with Gasteiger partial charge < -0.3 is 10.1 Å². The standard InChI is InChI=1S/C14H13N5O4/c1-19-11-10(13(22)18-14(19)23)16-8(12(21)17-11)6-9(20)7-4-2-3-5-15-7/h2-5,9,20H,6H2,1H3,(H,17,21)(H,18,22,23). The first kappa shape index (κ1) is 14.9. The number of rotatable bonds is 3. The van der Waals surface area contributed by atoms with Crippen molar-refractivity contribution < 1.29 is 5.11 Å². The topological polar surface area (TPSA) is 134 Å². The molecule has 0 spiro atoms. The molecule has 0 aromatic carbocycles. The zero-order chi connectivity index (χ0) is 16.6. The van der Waals surface area contributed by atoms with Crippen molar-refractivity contribution in [3.63, 3.8) is 0 Å². The fourth-order valence-electron chi connectivity index (χ4n) is 2.22. The lowest BCUT2D eigenvalue weighted by molar-refractivity contribution is 0.172. The van der Waals surface area contributed by atoms with Crippen molar-refractivity contribution in [1.82, 2.24) is 24.5 Å². The highest BCUT2D eigenvalue weighted by Gasteiger charge is 2.16. The molecule has 0 amide bonds. The van der Waals surface area contributed by atoms with E-state index in [2.05, 4.69) is 19.9 Å². The average Bonchev–Trinajstić information content (AvgIpc) is 2.55. The van der Waals surface area contributed by atoms with Crippen molar-refractivity contribution >= 4 is 11.2 Å². The Labute approximate surface area is 128 Å². The van der Waals surface area contributed by atoms with Crippen LogP contribution in [0.25, 0.3) is 11.2 Å². The average molecular weight is 315 g/mol. The lowest BCUT2D eigenvalue weighted by Crippen LogP contribution is -2.32. The van der Waals surface area contributed by atoms with Gasteiger partial charge in [-0.25, -0.2) is 9.78 Å². The molecule has 3 rings (SSSR count). The van der Waals surface area contributed by atoms with Crippen LogP contribution in [-0.4, -0.2) is 29.6 Å². The number of aryl methyl sites for hydroxylation is 1. The Kier molecular flexibility index (Phi) is 3.62. The molecule has 9 nitrogen and oxygen atoms in total. The highest BCUT2D eigenvalue weighted by Crippen LogP contribution is 2.13. The zero-order valence-corrected chi connectivity index (χ0v) is 12.1. The molecule has 0 aliphatic carbocycles. The van der Waals surface area contributed by atoms with Gasteiger partial charge in [-0.3, -0.25) is 24.1 Å². The quantitative estimate of drug-likeness (QED) is 0.566. The van der Waals surface area contributed by atoms with Gasteiger partial charge in [0.25, 0.3) is 11.1 Å². The van der Waals surface area contributed by atoms with Crippen LogP contribution in [0.15, 0.2) is 38.8 Å². The summed E-state index contributed by atoms with van der Waals surface area (Å²) in [6, 6.07) is 5.04. The van der Waals surface area contributed by atoms with E-state index in [1.807, 2.05) is 0 Å². The highest BCUT2D eigenvalue weighted by atomic mass is 16.3. The van der Waals surface area contributed by atoms with Crippen LogP contribution in [0.4, 0.5) is 0 Å². The predicted molar refractivity (Wildman–Crippen MR) is 81.1 cm³/mol. The molecule has 0 bridgehead atoms. The summed E-state index contributed by atoms with van der Waals surface area (Å²) in [5, 5.41) is 10.1. The van der Waals surface area contributed by atoms with Crippen LogP contribution < -0.4 is 16.8 Å². The summed E-state index contributed by atoms with van der Waals surface area (Å²) in [5.74, 6) is 0. The highest BCUT2D eigenvalue weighted by molar-refractivity contribution is 5.68. The summed E-state index contributed by atoms with van der Waals surface area (Å²) < 4.78 is 1.09. The number of aliphatic hydroxyl groups excluding tert-OH is 1. The molecule has 3 aromatic heterocycles. The molecule has 9 heteroatoms. The van der Waals surface area contributed by atoms with Crippen molar-refractivity contribution in [3.05, 3.63) is 67.0 Å². The third-order valence-electron chi connectivity index (χ3n) is 3.46. The lowest BCUT2D eigenvalue weighted by atomic mass is 10.1. The Hall–Kier alpha value is -3.07. The molecule has 23 heavy (non-hydrogen) atoms. The maximum absolute atomic E-state index is 12.1. The molecule has 0 saturated heterocycles. The molecule has 3 N–H and O–H groups in total. The summed E-state index contributed by atoms with van der Waals surface area (Å²) in [6.07, 6.45) is 0.385. The Bertz CT molecular complexity index is 1030. The summed E-state index contributed by atoms with van der Waals surface area (Å²) in [7, 11) is 1.40. The minimum Gasteiger partial charge on any atom is -0.386 e. The van der Waals surface area contributed by atoms with E-state index in [0.717, 1.165) is 4.57 Å². The van der Waals surface area contributed by atoms with Crippen molar-refractivity contribution in [2.45, 2.75) is 12.5 Å². The van der Waals surface area contributed by atoms with Crippen molar-refractivity contribution in [2.75, 3.05) is 0 Å². The van der Waals surface area contributed by atoms with Gasteiger partial charge in [0.1, 0.15) is 17.4 Å². The Morgan fingerprint density at radius 2 is 2.00 bits per heavy atom. The molecule has 118 valence electrons. The number of hydrogen-bond acceptors (Lipinski definition) is 6. The van der Waals surface area contributed by atoms with Crippen LogP contribution in [-0.2, 0) is 13.5 Å². The number of hydrogen-bond donors (Lipinski definition) is 3. The van der Waals surface area contributed by atoms with Gasteiger partial charge in [0, 0.05) is 19.7 Å². The maximum atomic E-state index is 12.1. The summed E-state index contributed by atoms with van der Waals surface area (Å²) >= 11 is 0. The maximum Gasteiger partial charge on any atom is 0.329 e. The van der Waals surface area contributed by atoms with Crippen LogP contribution in [0.3, 0.4) is 0 Å². The van der Waals surface area contributed by atoms with Crippen LogP contribution in [0.1, 0.15) is 17.5 Å². The SMILES string of the molecule is Cn1c(=O)[nH]c(=O)c2nc(CC(O)c3ccccn3)c(=O)[nH]c21. The van der Waals surface area contributed by atoms with Gasteiger partial charge in [0.15, 0.2) is 5.52 Å². The fourth-order valence-corrected chi connectivity index (χ4v) is 2.22. The normalized spacial score (nSPS) is 12.4. The molecule has 0 radical (unpaired) electrons. The second-order valence-electron chi connectivity index (χ2n) is 5.00. The second-order valence-corrected chi connectivity index (χ2v) is 5.00. The van der Waals surface area contributed by atoms with E-state index < -0.39 is 22.9 Å². The Morgan fingerprint density at radius 1 is 1.22 bits per heavy atom. The number of H-pyrrole nitrogens is 2. The van der Waals surface area contributed by atoms with E-state index >= 15 is 0 Å².